The van der Waals surface area contributed by atoms with Gasteiger partial charge >= 0.3 is 0 Å². The molecule has 0 unspecified atom stereocenters. The van der Waals surface area contributed by atoms with E-state index in [-0.39, 0.29) is 6.61 Å². The van der Waals surface area contributed by atoms with E-state index in [0.29, 0.717) is 18.0 Å². The second-order valence-corrected chi connectivity index (χ2v) is 4.62. The van der Waals surface area contributed by atoms with Crippen molar-refractivity contribution in [2.24, 2.45) is 0 Å². The van der Waals surface area contributed by atoms with E-state index in [1.54, 1.807) is 7.11 Å². The maximum Gasteiger partial charge on any atom is 0.124 e. The summed E-state index contributed by atoms with van der Waals surface area (Å²) in [4.78, 5) is 0. The Hall–Kier alpha value is -2.20. The molecule has 0 saturated carbocycles. The summed E-state index contributed by atoms with van der Waals surface area (Å²) in [7, 11) is 1.58. The first-order valence-corrected chi connectivity index (χ1v) is 6.44. The van der Waals surface area contributed by atoms with Crippen LogP contribution >= 0.6 is 0 Å². The van der Waals surface area contributed by atoms with E-state index in [9.17, 15) is 10.2 Å². The molecule has 0 aromatic heterocycles. The van der Waals surface area contributed by atoms with Crippen molar-refractivity contribution in [3.8, 4) is 11.5 Å². The molecule has 3 N–H and O–H groups in total. The molecule has 2 rings (SSSR count). The Bertz CT molecular complexity index is 596. The van der Waals surface area contributed by atoms with Crippen LogP contribution in [0.3, 0.4) is 0 Å². The Morgan fingerprint density at radius 3 is 2.65 bits per heavy atom. The van der Waals surface area contributed by atoms with Crippen LogP contribution in [0.15, 0.2) is 36.4 Å². The molecule has 0 aliphatic heterocycles. The molecule has 0 saturated heterocycles. The van der Waals surface area contributed by atoms with Crippen LogP contribution in [0.5, 0.6) is 11.5 Å². The third-order valence-electron chi connectivity index (χ3n) is 3.26. The molecule has 0 aliphatic carbocycles. The lowest BCUT2D eigenvalue weighted by Gasteiger charge is -2.12. The predicted molar refractivity (Wildman–Crippen MR) is 79.1 cm³/mol. The highest BCUT2D eigenvalue weighted by Gasteiger charge is 2.06. The second kappa shape index (κ2) is 6.30. The first kappa shape index (κ1) is 14.2. The van der Waals surface area contributed by atoms with Gasteiger partial charge in [-0.25, -0.2) is 0 Å². The number of aliphatic hydroxyl groups excluding tert-OH is 1. The van der Waals surface area contributed by atoms with Gasteiger partial charge in [-0.05, 0) is 30.7 Å². The summed E-state index contributed by atoms with van der Waals surface area (Å²) in [5.74, 6) is 0.979. The first-order valence-electron chi connectivity index (χ1n) is 6.44. The molecule has 0 fully saturated rings. The summed E-state index contributed by atoms with van der Waals surface area (Å²) < 4.78 is 5.16. The van der Waals surface area contributed by atoms with Crippen molar-refractivity contribution in [1.82, 2.24) is 0 Å². The number of phenolic OH excluding ortho intramolecular Hbond substituents is 1. The minimum absolute atomic E-state index is 0.0750. The van der Waals surface area contributed by atoms with Crippen LogP contribution < -0.4 is 10.1 Å². The van der Waals surface area contributed by atoms with Gasteiger partial charge in [0.05, 0.1) is 13.7 Å². The molecule has 0 heterocycles. The molecule has 106 valence electrons. The average molecular weight is 273 g/mol. The number of nitrogens with one attached hydrogen (secondary N) is 1. The van der Waals surface area contributed by atoms with Crippen LogP contribution in [0.1, 0.15) is 16.7 Å². The van der Waals surface area contributed by atoms with Crippen molar-refractivity contribution in [1.29, 1.82) is 0 Å². The Morgan fingerprint density at radius 1 is 1.15 bits per heavy atom. The fourth-order valence-corrected chi connectivity index (χ4v) is 2.07. The number of ether oxygens (including phenoxy) is 1. The molecule has 0 radical (unpaired) electrons. The van der Waals surface area contributed by atoms with Crippen LogP contribution in [0, 0.1) is 6.92 Å². The topological polar surface area (TPSA) is 61.7 Å². The number of phenols is 1. The summed E-state index contributed by atoms with van der Waals surface area (Å²) in [6.07, 6.45) is 0. The molecule has 0 bridgehead atoms. The quantitative estimate of drug-likeness (QED) is 0.784. The number of hydrogen-bond donors (Lipinski definition) is 3. The lowest BCUT2D eigenvalue weighted by molar-refractivity contribution is 0.274. The summed E-state index contributed by atoms with van der Waals surface area (Å²) >= 11 is 0. The van der Waals surface area contributed by atoms with E-state index in [0.717, 1.165) is 22.4 Å². The zero-order chi connectivity index (χ0) is 14.5. The second-order valence-electron chi connectivity index (χ2n) is 4.62. The predicted octanol–water partition coefficient (Wildman–Crippen LogP) is 2.81. The fraction of sp³-hybridized carbons (Fsp3) is 0.250. The Balaban J connectivity index is 2.13. The number of hydrogen-bond acceptors (Lipinski definition) is 4. The minimum Gasteiger partial charge on any atom is -0.507 e. The van der Waals surface area contributed by atoms with Crippen molar-refractivity contribution in [3.05, 3.63) is 53.1 Å². The summed E-state index contributed by atoms with van der Waals surface area (Å²) in [5, 5.41) is 22.5. The molecule has 2 aromatic rings. The number of anilines is 1. The van der Waals surface area contributed by atoms with E-state index in [2.05, 4.69) is 5.32 Å². The zero-order valence-electron chi connectivity index (χ0n) is 11.7. The standard InChI is InChI=1S/C16H19NO3/c1-11-4-3-5-12(16(11)19)9-17-14-6-7-15(20-2)13(8-14)10-18/h3-8,17-19H,9-10H2,1-2H3. The van der Waals surface area contributed by atoms with Gasteiger partial charge in [-0.3, -0.25) is 0 Å². The molecule has 0 amide bonds. The van der Waals surface area contributed by atoms with E-state index in [1.807, 2.05) is 43.3 Å². The molecule has 0 atom stereocenters. The maximum absolute atomic E-state index is 9.96. The summed E-state index contributed by atoms with van der Waals surface area (Å²) in [6, 6.07) is 11.2. The number of aryl methyl sites for hydroxylation is 1. The van der Waals surface area contributed by atoms with Gasteiger partial charge in [-0.2, -0.15) is 0 Å². The minimum atomic E-state index is -0.0750. The number of benzene rings is 2. The maximum atomic E-state index is 9.96. The lowest BCUT2D eigenvalue weighted by atomic mass is 10.1. The lowest BCUT2D eigenvalue weighted by Crippen LogP contribution is -2.01. The van der Waals surface area contributed by atoms with Crippen molar-refractivity contribution in [2.45, 2.75) is 20.1 Å². The third kappa shape index (κ3) is 3.03. The number of aliphatic hydroxyl groups is 1. The van der Waals surface area contributed by atoms with Crippen molar-refractivity contribution >= 4 is 5.69 Å². The van der Waals surface area contributed by atoms with Gasteiger partial charge in [0, 0.05) is 23.4 Å². The molecule has 20 heavy (non-hydrogen) atoms. The van der Waals surface area contributed by atoms with Gasteiger partial charge < -0.3 is 20.3 Å². The molecule has 0 aliphatic rings. The van der Waals surface area contributed by atoms with Crippen LogP contribution in [0.25, 0.3) is 0 Å². The smallest absolute Gasteiger partial charge is 0.124 e. The number of aromatic hydroxyl groups is 1. The van der Waals surface area contributed by atoms with Gasteiger partial charge in [-0.15, -0.1) is 0 Å². The molecular formula is C16H19NO3. The highest BCUT2D eigenvalue weighted by atomic mass is 16.5. The summed E-state index contributed by atoms with van der Waals surface area (Å²) in [6.45, 7) is 2.31. The number of para-hydroxylation sites is 1. The van der Waals surface area contributed by atoms with Crippen molar-refractivity contribution in [2.75, 3.05) is 12.4 Å². The van der Waals surface area contributed by atoms with Crippen LogP contribution in [0.2, 0.25) is 0 Å². The van der Waals surface area contributed by atoms with E-state index < -0.39 is 0 Å². The van der Waals surface area contributed by atoms with Crippen molar-refractivity contribution in [3.63, 3.8) is 0 Å². The third-order valence-corrected chi connectivity index (χ3v) is 3.26. The van der Waals surface area contributed by atoms with Crippen LogP contribution in [0.4, 0.5) is 5.69 Å². The van der Waals surface area contributed by atoms with E-state index in [1.165, 1.54) is 0 Å². The Morgan fingerprint density at radius 2 is 1.95 bits per heavy atom. The molecule has 4 nitrogen and oxygen atoms in total. The van der Waals surface area contributed by atoms with E-state index in [4.69, 9.17) is 4.74 Å². The first-order chi connectivity index (χ1) is 9.65. The van der Waals surface area contributed by atoms with Crippen LogP contribution in [-0.2, 0) is 13.2 Å². The zero-order valence-corrected chi connectivity index (χ0v) is 11.7. The molecule has 4 heteroatoms. The largest absolute Gasteiger partial charge is 0.507 e. The number of methoxy groups -OCH3 is 1. The normalized spacial score (nSPS) is 10.3. The van der Waals surface area contributed by atoms with Gasteiger partial charge in [-0.1, -0.05) is 18.2 Å². The van der Waals surface area contributed by atoms with Crippen LogP contribution in [-0.4, -0.2) is 17.3 Å². The van der Waals surface area contributed by atoms with Gasteiger partial charge in [0.1, 0.15) is 11.5 Å². The summed E-state index contributed by atoms with van der Waals surface area (Å²) in [5.41, 5.74) is 3.29. The van der Waals surface area contributed by atoms with Crippen molar-refractivity contribution < 1.29 is 14.9 Å². The Kier molecular flexibility index (Phi) is 4.48. The highest BCUT2D eigenvalue weighted by Crippen LogP contribution is 2.25. The molecule has 0 spiro atoms. The number of rotatable bonds is 5. The Labute approximate surface area is 118 Å². The van der Waals surface area contributed by atoms with Gasteiger partial charge in [0.2, 0.25) is 0 Å². The van der Waals surface area contributed by atoms with E-state index >= 15 is 0 Å². The highest BCUT2D eigenvalue weighted by molar-refractivity contribution is 5.52. The molecule has 2 aromatic carbocycles. The monoisotopic (exact) mass is 273 g/mol. The fourth-order valence-electron chi connectivity index (χ4n) is 2.07. The van der Waals surface area contributed by atoms with Gasteiger partial charge in [0.15, 0.2) is 0 Å². The SMILES string of the molecule is COc1ccc(NCc2cccc(C)c2O)cc1CO. The average Bonchev–Trinajstić information content (AvgIpc) is 2.48. The van der Waals surface area contributed by atoms with Gasteiger partial charge in [0.25, 0.3) is 0 Å². The molecular weight excluding hydrogens is 254 g/mol.